The Labute approximate surface area is 278 Å². The van der Waals surface area contributed by atoms with Gasteiger partial charge in [0.05, 0.1) is 35.5 Å². The van der Waals surface area contributed by atoms with Crippen LogP contribution in [0.15, 0.2) is 91.0 Å². The molecule has 1 atom stereocenters. The van der Waals surface area contributed by atoms with Crippen LogP contribution in [0.25, 0.3) is 0 Å². The fourth-order valence-electron chi connectivity index (χ4n) is 5.57. The highest BCUT2D eigenvalue weighted by Crippen LogP contribution is 2.38. The van der Waals surface area contributed by atoms with Gasteiger partial charge in [-0.1, -0.05) is 42.5 Å². The number of nitrogens with zero attached hydrogens (tertiary/aromatic N) is 2. The lowest BCUT2D eigenvalue weighted by Crippen LogP contribution is -2.47. The number of carbonyl (C=O) groups is 2. The molecule has 14 heteroatoms. The molecule has 0 aliphatic carbocycles. The van der Waals surface area contributed by atoms with E-state index in [1.165, 1.54) is 12.1 Å². The Hall–Kier alpha value is -5.40. The second-order valence-electron chi connectivity index (χ2n) is 11.4. The third kappa shape index (κ3) is 8.55. The largest absolute Gasteiger partial charge is 0.495 e. The van der Waals surface area contributed by atoms with Crippen molar-refractivity contribution in [1.29, 1.82) is 0 Å². The van der Waals surface area contributed by atoms with Gasteiger partial charge in [0.25, 0.3) is 5.91 Å². The Balaban J connectivity index is 1.39. The first kappa shape index (κ1) is 34.9. The van der Waals surface area contributed by atoms with Crippen molar-refractivity contribution in [2.24, 2.45) is 0 Å². The van der Waals surface area contributed by atoms with E-state index in [4.69, 9.17) is 4.74 Å². The number of anilines is 4. The van der Waals surface area contributed by atoms with Crippen molar-refractivity contribution < 1.29 is 40.7 Å². The Morgan fingerprint density at radius 3 is 1.84 bits per heavy atom. The number of nitrogens with one attached hydrogen (secondary N) is 3. The van der Waals surface area contributed by atoms with E-state index >= 15 is 0 Å². The maximum Gasteiger partial charge on any atom is 0.416 e. The number of methoxy groups -OCH3 is 1. The van der Waals surface area contributed by atoms with E-state index in [0.717, 1.165) is 17.0 Å². The van der Waals surface area contributed by atoms with Gasteiger partial charge in [-0.3, -0.25) is 4.79 Å². The number of halogens is 6. The summed E-state index contributed by atoms with van der Waals surface area (Å²) in [5.41, 5.74) is -1.17. The zero-order chi connectivity index (χ0) is 35.3. The average Bonchev–Trinajstić information content (AvgIpc) is 3.07. The molecule has 1 fully saturated rings. The highest BCUT2D eigenvalue weighted by Gasteiger charge is 2.37. The summed E-state index contributed by atoms with van der Waals surface area (Å²) < 4.78 is 85.5. The van der Waals surface area contributed by atoms with Gasteiger partial charge in [0, 0.05) is 43.2 Å². The molecule has 0 spiro atoms. The van der Waals surface area contributed by atoms with E-state index in [0.29, 0.717) is 44.0 Å². The molecule has 1 saturated heterocycles. The molecule has 0 bridgehead atoms. The van der Waals surface area contributed by atoms with Crippen LogP contribution in [0.2, 0.25) is 0 Å². The Bertz CT molecular complexity index is 1760. The molecule has 3 N–H and O–H groups in total. The summed E-state index contributed by atoms with van der Waals surface area (Å²) in [5, 5.41) is 7.44. The smallest absolute Gasteiger partial charge is 0.416 e. The predicted octanol–water partition coefficient (Wildman–Crippen LogP) is 8.19. The number of benzene rings is 4. The molecular formula is C35H33F6N5O3. The van der Waals surface area contributed by atoms with Crippen LogP contribution in [0.5, 0.6) is 5.75 Å². The number of piperazine rings is 1. The summed E-state index contributed by atoms with van der Waals surface area (Å²) in [6.07, 6.45) is -10.2. The monoisotopic (exact) mass is 685 g/mol. The lowest BCUT2D eigenvalue weighted by Gasteiger charge is -2.38. The van der Waals surface area contributed by atoms with Crippen LogP contribution in [-0.4, -0.2) is 45.2 Å². The molecule has 0 saturated carbocycles. The molecule has 49 heavy (non-hydrogen) atoms. The number of carbonyl (C=O) groups excluding carboxylic acids is 2. The molecule has 1 aliphatic rings. The van der Waals surface area contributed by atoms with E-state index in [1.807, 2.05) is 71.7 Å². The Morgan fingerprint density at radius 1 is 0.694 bits per heavy atom. The molecular weight excluding hydrogens is 652 g/mol. The number of hydrogen-bond donors (Lipinski definition) is 3. The minimum Gasteiger partial charge on any atom is -0.495 e. The predicted molar refractivity (Wildman–Crippen MR) is 175 cm³/mol. The molecule has 0 radical (unpaired) electrons. The Morgan fingerprint density at radius 2 is 1.24 bits per heavy atom. The van der Waals surface area contributed by atoms with Gasteiger partial charge in [0.15, 0.2) is 0 Å². The van der Waals surface area contributed by atoms with Crippen molar-refractivity contribution in [3.05, 3.63) is 113 Å². The van der Waals surface area contributed by atoms with E-state index in [2.05, 4.69) is 15.5 Å². The van der Waals surface area contributed by atoms with Crippen LogP contribution in [0, 0.1) is 0 Å². The second kappa shape index (κ2) is 14.4. The third-order valence-electron chi connectivity index (χ3n) is 8.04. The number of ether oxygens (including phenoxy) is 1. The van der Waals surface area contributed by atoms with Gasteiger partial charge in [-0.25, -0.2) is 4.79 Å². The summed E-state index contributed by atoms with van der Waals surface area (Å²) in [4.78, 5) is 30.8. The fraction of sp³-hybridized carbons (Fsp3) is 0.257. The maximum absolute atomic E-state index is 13.7. The lowest BCUT2D eigenvalue weighted by molar-refractivity contribution is -0.143. The van der Waals surface area contributed by atoms with Gasteiger partial charge in [-0.05, 0) is 61.0 Å². The summed E-state index contributed by atoms with van der Waals surface area (Å²) in [5.74, 6) is 0.287. The quantitative estimate of drug-likeness (QED) is 0.163. The van der Waals surface area contributed by atoms with Crippen molar-refractivity contribution in [3.8, 4) is 5.75 Å². The molecule has 8 nitrogen and oxygen atoms in total. The number of urea groups is 1. The number of para-hydroxylation sites is 2. The van der Waals surface area contributed by atoms with E-state index in [1.54, 1.807) is 13.2 Å². The fourth-order valence-corrected chi connectivity index (χ4v) is 5.57. The molecule has 4 aromatic rings. The minimum absolute atomic E-state index is 0.0285. The molecule has 1 unspecified atom stereocenters. The van der Waals surface area contributed by atoms with Crippen LogP contribution in [0.1, 0.15) is 40.0 Å². The van der Waals surface area contributed by atoms with Crippen LogP contribution in [-0.2, 0) is 12.4 Å². The van der Waals surface area contributed by atoms with Crippen molar-refractivity contribution in [3.63, 3.8) is 0 Å². The first-order valence-electron chi connectivity index (χ1n) is 15.2. The summed E-state index contributed by atoms with van der Waals surface area (Å²) in [7, 11) is 1.60. The molecule has 0 aromatic heterocycles. The highest BCUT2D eigenvalue weighted by atomic mass is 19.4. The molecule has 4 aromatic carbocycles. The van der Waals surface area contributed by atoms with Gasteiger partial charge in [0.1, 0.15) is 5.75 Å². The normalized spacial score (nSPS) is 14.2. The van der Waals surface area contributed by atoms with Crippen LogP contribution < -0.4 is 30.5 Å². The van der Waals surface area contributed by atoms with Gasteiger partial charge in [-0.2, -0.15) is 26.3 Å². The lowest BCUT2D eigenvalue weighted by atomic mass is 10.1. The van der Waals surface area contributed by atoms with Crippen molar-refractivity contribution >= 4 is 34.7 Å². The Kier molecular flexibility index (Phi) is 10.2. The average molecular weight is 686 g/mol. The zero-order valence-corrected chi connectivity index (χ0v) is 26.5. The highest BCUT2D eigenvalue weighted by molar-refractivity contribution is 6.04. The molecule has 258 valence electrons. The summed E-state index contributed by atoms with van der Waals surface area (Å²) in [6, 6.07) is 20.8. The van der Waals surface area contributed by atoms with Gasteiger partial charge >= 0.3 is 18.4 Å². The van der Waals surface area contributed by atoms with E-state index in [-0.39, 0.29) is 23.4 Å². The van der Waals surface area contributed by atoms with E-state index < -0.39 is 41.1 Å². The van der Waals surface area contributed by atoms with Gasteiger partial charge < -0.3 is 30.5 Å². The molecule has 1 aliphatic heterocycles. The van der Waals surface area contributed by atoms with E-state index in [9.17, 15) is 35.9 Å². The standard InChI is InChI=1S/C35H33F6N5O3/c1-22(23-8-4-3-5-9-23)42-32(47)28-21-26(43-33(48)44-27-19-24(34(36,37)38)18-25(20-27)35(39,40)41)12-13-29(28)45-14-16-46(17-15-45)30-10-6-7-11-31(30)49-2/h3-13,18-22H,14-17H2,1-2H3,(H,42,47)(H2,43,44,48). The number of amides is 3. The second-order valence-corrected chi connectivity index (χ2v) is 11.4. The van der Waals surface area contributed by atoms with Crippen LogP contribution in [0.4, 0.5) is 53.9 Å². The number of alkyl halides is 6. The van der Waals surface area contributed by atoms with Gasteiger partial charge in [-0.15, -0.1) is 0 Å². The topological polar surface area (TPSA) is 85.9 Å². The zero-order valence-electron chi connectivity index (χ0n) is 26.5. The first-order valence-corrected chi connectivity index (χ1v) is 15.2. The minimum atomic E-state index is -5.08. The van der Waals surface area contributed by atoms with Crippen molar-refractivity contribution in [1.82, 2.24) is 5.32 Å². The third-order valence-corrected chi connectivity index (χ3v) is 8.04. The van der Waals surface area contributed by atoms with Crippen LogP contribution >= 0.6 is 0 Å². The molecule has 1 heterocycles. The number of rotatable bonds is 8. The SMILES string of the molecule is COc1ccccc1N1CCN(c2ccc(NC(=O)Nc3cc(C(F)(F)F)cc(C(F)(F)F)c3)cc2C(=O)NC(C)c2ccccc2)CC1. The van der Waals surface area contributed by atoms with Crippen molar-refractivity contribution in [2.75, 3.05) is 53.7 Å². The van der Waals surface area contributed by atoms with Crippen molar-refractivity contribution in [2.45, 2.75) is 25.3 Å². The number of hydrogen-bond acceptors (Lipinski definition) is 5. The summed E-state index contributed by atoms with van der Waals surface area (Å²) >= 11 is 0. The summed E-state index contributed by atoms with van der Waals surface area (Å²) in [6.45, 7) is 4.12. The molecule has 3 amide bonds. The van der Waals surface area contributed by atoms with Crippen LogP contribution in [0.3, 0.4) is 0 Å². The van der Waals surface area contributed by atoms with Gasteiger partial charge in [0.2, 0.25) is 0 Å². The molecule has 5 rings (SSSR count). The first-order chi connectivity index (χ1) is 23.2. The maximum atomic E-state index is 13.7.